The molecule has 0 aliphatic heterocycles. The van der Waals surface area contributed by atoms with E-state index in [1.807, 2.05) is 60.7 Å². The standard InChI is InChI=1S/C16H17NO2/c17-15(14-9-5-2-6-10-14)11-16(18)19-12-13-7-3-1-4-8-13/h1-10,15H,11-12,17H2/t15-/m1/s1. The molecule has 3 nitrogen and oxygen atoms in total. The molecule has 2 aromatic carbocycles. The summed E-state index contributed by atoms with van der Waals surface area (Å²) in [5.74, 6) is -0.278. The number of esters is 1. The molecule has 0 fully saturated rings. The third-order valence-electron chi connectivity index (χ3n) is 2.86. The molecule has 0 bridgehead atoms. The molecule has 0 spiro atoms. The third kappa shape index (κ3) is 4.23. The molecule has 0 radical (unpaired) electrons. The van der Waals surface area contributed by atoms with Crippen LogP contribution in [-0.2, 0) is 16.1 Å². The van der Waals surface area contributed by atoms with Crippen molar-refractivity contribution >= 4 is 5.97 Å². The van der Waals surface area contributed by atoms with E-state index in [0.717, 1.165) is 11.1 Å². The molecular formula is C16H17NO2. The Morgan fingerprint density at radius 3 is 2.21 bits per heavy atom. The monoisotopic (exact) mass is 255 g/mol. The molecule has 0 aromatic heterocycles. The number of hydrogen-bond acceptors (Lipinski definition) is 3. The van der Waals surface area contributed by atoms with Gasteiger partial charge < -0.3 is 10.5 Å². The van der Waals surface area contributed by atoms with Crippen LogP contribution in [0.5, 0.6) is 0 Å². The number of hydrogen-bond donors (Lipinski definition) is 1. The highest BCUT2D eigenvalue weighted by molar-refractivity contribution is 5.70. The van der Waals surface area contributed by atoms with Crippen LogP contribution in [0.4, 0.5) is 0 Å². The Balaban J connectivity index is 1.82. The second-order valence-electron chi connectivity index (χ2n) is 4.37. The van der Waals surface area contributed by atoms with Gasteiger partial charge in [-0.3, -0.25) is 4.79 Å². The van der Waals surface area contributed by atoms with Crippen LogP contribution < -0.4 is 5.73 Å². The van der Waals surface area contributed by atoms with Crippen molar-refractivity contribution in [3.05, 3.63) is 71.8 Å². The second-order valence-corrected chi connectivity index (χ2v) is 4.37. The molecule has 2 rings (SSSR count). The van der Waals surface area contributed by atoms with Crippen molar-refractivity contribution in [2.45, 2.75) is 19.1 Å². The smallest absolute Gasteiger partial charge is 0.308 e. The molecule has 3 heteroatoms. The predicted octanol–water partition coefficient (Wildman–Crippen LogP) is 2.82. The van der Waals surface area contributed by atoms with E-state index in [1.54, 1.807) is 0 Å². The molecule has 0 saturated carbocycles. The Morgan fingerprint density at radius 2 is 1.58 bits per heavy atom. The number of carbonyl (C=O) groups excluding carboxylic acids is 1. The van der Waals surface area contributed by atoms with Crippen LogP contribution in [0.2, 0.25) is 0 Å². The number of ether oxygens (including phenoxy) is 1. The molecule has 0 aliphatic rings. The van der Waals surface area contributed by atoms with E-state index in [2.05, 4.69) is 0 Å². The summed E-state index contributed by atoms with van der Waals surface area (Å²) in [6.07, 6.45) is 0.191. The first-order valence-electron chi connectivity index (χ1n) is 6.26. The fraction of sp³-hybridized carbons (Fsp3) is 0.188. The van der Waals surface area contributed by atoms with Crippen molar-refractivity contribution in [1.29, 1.82) is 0 Å². The lowest BCUT2D eigenvalue weighted by atomic mass is 10.1. The fourth-order valence-electron chi connectivity index (χ4n) is 1.79. The first-order chi connectivity index (χ1) is 9.25. The van der Waals surface area contributed by atoms with Gasteiger partial charge in [-0.15, -0.1) is 0 Å². The van der Waals surface area contributed by atoms with Gasteiger partial charge in [0.25, 0.3) is 0 Å². The first kappa shape index (κ1) is 13.3. The van der Waals surface area contributed by atoms with Crippen molar-refractivity contribution in [3.8, 4) is 0 Å². The maximum atomic E-state index is 11.7. The minimum Gasteiger partial charge on any atom is -0.461 e. The SMILES string of the molecule is N[C@H](CC(=O)OCc1ccccc1)c1ccccc1. The van der Waals surface area contributed by atoms with Gasteiger partial charge in [0.1, 0.15) is 6.61 Å². The minimum atomic E-state index is -0.315. The summed E-state index contributed by atoms with van der Waals surface area (Å²) >= 11 is 0. The van der Waals surface area contributed by atoms with Crippen LogP contribution in [0.1, 0.15) is 23.6 Å². The zero-order valence-corrected chi connectivity index (χ0v) is 10.7. The molecule has 0 amide bonds. The van der Waals surface area contributed by atoms with Crippen LogP contribution in [0.3, 0.4) is 0 Å². The Labute approximate surface area is 113 Å². The van der Waals surface area contributed by atoms with Crippen LogP contribution >= 0.6 is 0 Å². The minimum absolute atomic E-state index is 0.191. The van der Waals surface area contributed by atoms with Gasteiger partial charge in [-0.2, -0.15) is 0 Å². The lowest BCUT2D eigenvalue weighted by Gasteiger charge is -2.11. The van der Waals surface area contributed by atoms with Gasteiger partial charge in [-0.05, 0) is 11.1 Å². The average molecular weight is 255 g/mol. The normalized spacial score (nSPS) is 11.8. The highest BCUT2D eigenvalue weighted by Gasteiger charge is 2.12. The molecule has 1 atom stereocenters. The topological polar surface area (TPSA) is 52.3 Å². The van der Waals surface area contributed by atoms with E-state index in [-0.39, 0.29) is 18.4 Å². The Morgan fingerprint density at radius 1 is 1.00 bits per heavy atom. The van der Waals surface area contributed by atoms with Crippen molar-refractivity contribution < 1.29 is 9.53 Å². The maximum absolute atomic E-state index is 11.7. The van der Waals surface area contributed by atoms with Gasteiger partial charge in [-0.25, -0.2) is 0 Å². The zero-order valence-electron chi connectivity index (χ0n) is 10.7. The first-order valence-corrected chi connectivity index (χ1v) is 6.26. The quantitative estimate of drug-likeness (QED) is 0.836. The van der Waals surface area contributed by atoms with Crippen molar-refractivity contribution in [1.82, 2.24) is 0 Å². The van der Waals surface area contributed by atoms with Crippen LogP contribution in [0.15, 0.2) is 60.7 Å². The summed E-state index contributed by atoms with van der Waals surface area (Å²) in [6, 6.07) is 18.8. The van der Waals surface area contributed by atoms with E-state index in [4.69, 9.17) is 10.5 Å². The summed E-state index contributed by atoms with van der Waals surface area (Å²) in [5, 5.41) is 0. The fourth-order valence-corrected chi connectivity index (χ4v) is 1.79. The van der Waals surface area contributed by atoms with Crippen LogP contribution in [0, 0.1) is 0 Å². The zero-order chi connectivity index (χ0) is 13.5. The maximum Gasteiger partial charge on any atom is 0.308 e. The van der Waals surface area contributed by atoms with E-state index in [9.17, 15) is 4.79 Å². The molecule has 0 saturated heterocycles. The van der Waals surface area contributed by atoms with E-state index in [1.165, 1.54) is 0 Å². The number of nitrogens with two attached hydrogens (primary N) is 1. The third-order valence-corrected chi connectivity index (χ3v) is 2.86. The molecule has 19 heavy (non-hydrogen) atoms. The summed E-state index contributed by atoms with van der Waals surface area (Å²) in [4.78, 5) is 11.7. The summed E-state index contributed by atoms with van der Waals surface area (Å²) in [7, 11) is 0. The largest absolute Gasteiger partial charge is 0.461 e. The van der Waals surface area contributed by atoms with Gasteiger partial charge in [0.15, 0.2) is 0 Å². The molecule has 0 heterocycles. The number of benzene rings is 2. The van der Waals surface area contributed by atoms with Gasteiger partial charge in [0, 0.05) is 6.04 Å². The van der Waals surface area contributed by atoms with E-state index < -0.39 is 0 Å². The average Bonchev–Trinajstić information content (AvgIpc) is 2.47. The summed E-state index contributed by atoms with van der Waals surface area (Å²) in [5.41, 5.74) is 7.88. The highest BCUT2D eigenvalue weighted by Crippen LogP contribution is 2.14. The summed E-state index contributed by atoms with van der Waals surface area (Å²) < 4.78 is 5.20. The number of rotatable bonds is 5. The summed E-state index contributed by atoms with van der Waals surface area (Å²) in [6.45, 7) is 0.293. The van der Waals surface area contributed by atoms with Gasteiger partial charge in [0.2, 0.25) is 0 Å². The molecule has 0 unspecified atom stereocenters. The van der Waals surface area contributed by atoms with Crippen LogP contribution in [-0.4, -0.2) is 5.97 Å². The Hall–Kier alpha value is -2.13. The molecular weight excluding hydrogens is 238 g/mol. The van der Waals surface area contributed by atoms with Gasteiger partial charge in [-0.1, -0.05) is 60.7 Å². The molecule has 98 valence electrons. The van der Waals surface area contributed by atoms with Crippen molar-refractivity contribution in [2.75, 3.05) is 0 Å². The lowest BCUT2D eigenvalue weighted by molar-refractivity contribution is -0.145. The van der Waals surface area contributed by atoms with E-state index in [0.29, 0.717) is 6.61 Å². The Bertz CT molecular complexity index is 511. The van der Waals surface area contributed by atoms with Crippen LogP contribution in [0.25, 0.3) is 0 Å². The van der Waals surface area contributed by atoms with Crippen molar-refractivity contribution in [2.24, 2.45) is 5.73 Å². The number of carbonyl (C=O) groups is 1. The second kappa shape index (κ2) is 6.71. The van der Waals surface area contributed by atoms with Gasteiger partial charge >= 0.3 is 5.97 Å². The lowest BCUT2D eigenvalue weighted by Crippen LogP contribution is -2.17. The van der Waals surface area contributed by atoms with Crippen molar-refractivity contribution in [3.63, 3.8) is 0 Å². The molecule has 2 aromatic rings. The molecule has 0 aliphatic carbocycles. The molecule has 2 N–H and O–H groups in total. The Kier molecular flexibility index (Phi) is 4.70. The highest BCUT2D eigenvalue weighted by atomic mass is 16.5. The van der Waals surface area contributed by atoms with E-state index >= 15 is 0 Å². The predicted molar refractivity (Wildman–Crippen MR) is 74.2 cm³/mol. The van der Waals surface area contributed by atoms with Gasteiger partial charge in [0.05, 0.1) is 6.42 Å².